The molecule has 14 heavy (non-hydrogen) atoms. The van der Waals surface area contributed by atoms with Gasteiger partial charge in [-0.15, -0.1) is 0 Å². The van der Waals surface area contributed by atoms with Crippen LogP contribution in [0.4, 0.5) is 0 Å². The Morgan fingerprint density at radius 2 is 2.29 bits per heavy atom. The SMILES string of the molecule is Cc1cnc2c(Br)c(C3CC3)nn2c1. The van der Waals surface area contributed by atoms with E-state index in [0.29, 0.717) is 5.92 Å². The minimum absolute atomic E-state index is 0.659. The molecule has 1 aliphatic rings. The molecule has 3 rings (SSSR count). The maximum absolute atomic E-state index is 4.54. The third-order valence-corrected chi connectivity index (χ3v) is 3.29. The third kappa shape index (κ3) is 1.17. The lowest BCUT2D eigenvalue weighted by atomic mass is 10.3. The van der Waals surface area contributed by atoms with Gasteiger partial charge in [-0.2, -0.15) is 5.10 Å². The van der Waals surface area contributed by atoms with Crippen LogP contribution >= 0.6 is 15.9 Å². The van der Waals surface area contributed by atoms with E-state index < -0.39 is 0 Å². The van der Waals surface area contributed by atoms with Crippen LogP contribution in [0, 0.1) is 6.92 Å². The predicted molar refractivity (Wildman–Crippen MR) is 57.4 cm³/mol. The van der Waals surface area contributed by atoms with E-state index >= 15 is 0 Å². The molecule has 0 amide bonds. The number of rotatable bonds is 1. The standard InChI is InChI=1S/C10H10BrN3/c1-6-4-12-10-8(11)9(7-2-3-7)13-14(10)5-6/h4-5,7H,2-3H2,1H3. The maximum Gasteiger partial charge on any atom is 0.169 e. The second-order valence-electron chi connectivity index (χ2n) is 3.87. The second kappa shape index (κ2) is 2.79. The molecule has 1 saturated carbocycles. The summed E-state index contributed by atoms with van der Waals surface area (Å²) in [6.45, 7) is 2.03. The average Bonchev–Trinajstić information content (AvgIpc) is 2.93. The molecule has 0 radical (unpaired) electrons. The Bertz CT molecular complexity index is 499. The van der Waals surface area contributed by atoms with E-state index in [1.54, 1.807) is 0 Å². The van der Waals surface area contributed by atoms with E-state index in [4.69, 9.17) is 0 Å². The molecule has 0 saturated heterocycles. The van der Waals surface area contributed by atoms with Gasteiger partial charge >= 0.3 is 0 Å². The molecule has 3 nitrogen and oxygen atoms in total. The summed E-state index contributed by atoms with van der Waals surface area (Å²) in [6.07, 6.45) is 6.42. The molecule has 0 aromatic carbocycles. The monoisotopic (exact) mass is 251 g/mol. The fraction of sp³-hybridized carbons (Fsp3) is 0.400. The van der Waals surface area contributed by atoms with E-state index in [1.807, 2.05) is 23.8 Å². The van der Waals surface area contributed by atoms with Gasteiger partial charge in [0.05, 0.1) is 10.2 Å². The Hall–Kier alpha value is -0.900. The lowest BCUT2D eigenvalue weighted by Gasteiger charge is -1.92. The van der Waals surface area contributed by atoms with Crippen LogP contribution in [0.5, 0.6) is 0 Å². The molecule has 1 aliphatic carbocycles. The zero-order valence-electron chi connectivity index (χ0n) is 7.87. The number of nitrogens with zero attached hydrogens (tertiary/aromatic N) is 3. The van der Waals surface area contributed by atoms with Crippen molar-refractivity contribution in [1.29, 1.82) is 0 Å². The predicted octanol–water partition coefficient (Wildman–Crippen LogP) is 2.68. The van der Waals surface area contributed by atoms with Crippen LogP contribution in [-0.4, -0.2) is 14.6 Å². The molecule has 0 N–H and O–H groups in total. The van der Waals surface area contributed by atoms with E-state index in [1.165, 1.54) is 18.5 Å². The molecule has 0 bridgehead atoms. The van der Waals surface area contributed by atoms with Gasteiger partial charge in [0, 0.05) is 18.3 Å². The zero-order valence-corrected chi connectivity index (χ0v) is 9.45. The Kier molecular flexibility index (Phi) is 1.68. The van der Waals surface area contributed by atoms with Crippen molar-refractivity contribution >= 4 is 21.6 Å². The first-order valence-electron chi connectivity index (χ1n) is 4.76. The van der Waals surface area contributed by atoms with Gasteiger partial charge in [0.25, 0.3) is 0 Å². The summed E-state index contributed by atoms with van der Waals surface area (Å²) >= 11 is 3.57. The molecule has 0 spiro atoms. The molecule has 0 atom stereocenters. The van der Waals surface area contributed by atoms with Crippen LogP contribution in [0.25, 0.3) is 5.65 Å². The van der Waals surface area contributed by atoms with Crippen LogP contribution in [0.1, 0.15) is 30.0 Å². The van der Waals surface area contributed by atoms with Crippen LogP contribution in [-0.2, 0) is 0 Å². The minimum atomic E-state index is 0.659. The Morgan fingerprint density at radius 1 is 1.50 bits per heavy atom. The smallest absolute Gasteiger partial charge is 0.169 e. The molecule has 72 valence electrons. The first kappa shape index (κ1) is 8.41. The highest BCUT2D eigenvalue weighted by molar-refractivity contribution is 9.10. The number of fused-ring (bicyclic) bond motifs is 1. The molecular weight excluding hydrogens is 242 g/mol. The Labute approximate surface area is 90.3 Å². The lowest BCUT2D eigenvalue weighted by molar-refractivity contribution is 0.874. The van der Waals surface area contributed by atoms with E-state index in [-0.39, 0.29) is 0 Å². The van der Waals surface area contributed by atoms with Gasteiger partial charge in [-0.3, -0.25) is 0 Å². The van der Waals surface area contributed by atoms with E-state index in [0.717, 1.165) is 15.7 Å². The normalized spacial score (nSPS) is 16.4. The zero-order chi connectivity index (χ0) is 9.71. The number of hydrogen-bond acceptors (Lipinski definition) is 2. The quantitative estimate of drug-likeness (QED) is 0.781. The average molecular weight is 252 g/mol. The highest BCUT2D eigenvalue weighted by atomic mass is 79.9. The van der Waals surface area contributed by atoms with E-state index in [2.05, 4.69) is 26.0 Å². The summed E-state index contributed by atoms with van der Waals surface area (Å²) in [5.74, 6) is 0.659. The van der Waals surface area contributed by atoms with Crippen LogP contribution < -0.4 is 0 Å². The molecular formula is C10H10BrN3. The van der Waals surface area contributed by atoms with Gasteiger partial charge < -0.3 is 0 Å². The van der Waals surface area contributed by atoms with Crippen molar-refractivity contribution < 1.29 is 0 Å². The highest BCUT2D eigenvalue weighted by Gasteiger charge is 2.29. The third-order valence-electron chi connectivity index (χ3n) is 2.53. The summed E-state index contributed by atoms with van der Waals surface area (Å²) in [4.78, 5) is 4.36. The van der Waals surface area contributed by atoms with Crippen molar-refractivity contribution in [2.24, 2.45) is 0 Å². The number of aryl methyl sites for hydroxylation is 1. The van der Waals surface area contributed by atoms with Crippen molar-refractivity contribution in [3.8, 4) is 0 Å². The lowest BCUT2D eigenvalue weighted by Crippen LogP contribution is -1.90. The fourth-order valence-electron chi connectivity index (χ4n) is 1.64. The van der Waals surface area contributed by atoms with Crippen molar-refractivity contribution in [2.45, 2.75) is 25.7 Å². The molecule has 1 fully saturated rings. The number of halogens is 1. The Balaban J connectivity index is 2.28. The van der Waals surface area contributed by atoms with Gasteiger partial charge in [-0.05, 0) is 41.3 Å². The van der Waals surface area contributed by atoms with Crippen molar-refractivity contribution in [3.05, 3.63) is 28.1 Å². The van der Waals surface area contributed by atoms with Gasteiger partial charge in [0.2, 0.25) is 0 Å². The van der Waals surface area contributed by atoms with Gasteiger partial charge in [-0.1, -0.05) is 0 Å². The first-order chi connectivity index (χ1) is 6.75. The summed E-state index contributed by atoms with van der Waals surface area (Å²) < 4.78 is 2.94. The van der Waals surface area contributed by atoms with Crippen LogP contribution in [0.15, 0.2) is 16.9 Å². The summed E-state index contributed by atoms with van der Waals surface area (Å²) in [5, 5.41) is 4.54. The molecule has 2 aromatic heterocycles. The molecule has 2 aromatic rings. The van der Waals surface area contributed by atoms with Crippen molar-refractivity contribution in [2.75, 3.05) is 0 Å². The van der Waals surface area contributed by atoms with Crippen molar-refractivity contribution in [3.63, 3.8) is 0 Å². The summed E-state index contributed by atoms with van der Waals surface area (Å²) in [6, 6.07) is 0. The van der Waals surface area contributed by atoms with Gasteiger partial charge in [0.1, 0.15) is 0 Å². The van der Waals surface area contributed by atoms with Crippen molar-refractivity contribution in [1.82, 2.24) is 14.6 Å². The number of hydrogen-bond donors (Lipinski definition) is 0. The largest absolute Gasteiger partial charge is 0.236 e. The Morgan fingerprint density at radius 3 is 3.00 bits per heavy atom. The molecule has 0 unspecified atom stereocenters. The summed E-state index contributed by atoms with van der Waals surface area (Å²) in [5.41, 5.74) is 3.23. The van der Waals surface area contributed by atoms with E-state index in [9.17, 15) is 0 Å². The molecule has 2 heterocycles. The van der Waals surface area contributed by atoms with Crippen LogP contribution in [0.3, 0.4) is 0 Å². The number of aromatic nitrogens is 3. The maximum atomic E-state index is 4.54. The first-order valence-corrected chi connectivity index (χ1v) is 5.55. The highest BCUT2D eigenvalue weighted by Crippen LogP contribution is 2.43. The topological polar surface area (TPSA) is 30.2 Å². The van der Waals surface area contributed by atoms with Crippen LogP contribution in [0.2, 0.25) is 0 Å². The molecule has 0 aliphatic heterocycles. The second-order valence-corrected chi connectivity index (χ2v) is 4.67. The minimum Gasteiger partial charge on any atom is -0.236 e. The van der Waals surface area contributed by atoms with Gasteiger partial charge in [-0.25, -0.2) is 9.50 Å². The van der Waals surface area contributed by atoms with Gasteiger partial charge in [0.15, 0.2) is 5.65 Å². The summed E-state index contributed by atoms with van der Waals surface area (Å²) in [7, 11) is 0. The fourth-order valence-corrected chi connectivity index (χ4v) is 2.32. The molecule has 4 heteroatoms.